The molecule has 1 aliphatic carbocycles. The van der Waals surface area contributed by atoms with Gasteiger partial charge >= 0.3 is 0 Å². The van der Waals surface area contributed by atoms with Crippen LogP contribution in [0.15, 0.2) is 35.7 Å². The average Bonchev–Trinajstić information content (AvgIpc) is 3.58. The van der Waals surface area contributed by atoms with Gasteiger partial charge in [0.2, 0.25) is 11.8 Å². The van der Waals surface area contributed by atoms with E-state index in [1.165, 1.54) is 47.3 Å². The van der Waals surface area contributed by atoms with Crippen LogP contribution < -0.4 is 0 Å². The second-order valence-corrected chi connectivity index (χ2v) is 11.6. The van der Waals surface area contributed by atoms with Crippen molar-refractivity contribution in [3.63, 3.8) is 0 Å². The minimum atomic E-state index is -0.197. The first-order valence-electron chi connectivity index (χ1n) is 13.5. The Morgan fingerprint density at radius 2 is 1.69 bits per heavy atom. The number of rotatable bonds is 6. The molecule has 3 aliphatic rings. The van der Waals surface area contributed by atoms with E-state index in [0.717, 1.165) is 25.3 Å². The van der Waals surface area contributed by atoms with E-state index in [0.29, 0.717) is 32.6 Å². The minimum absolute atomic E-state index is 0.114. The number of carbonyl (C=O) groups excluding carboxylic acids is 2. The molecule has 0 N–H and O–H groups in total. The van der Waals surface area contributed by atoms with Gasteiger partial charge in [0.05, 0.1) is 12.1 Å². The number of nitrogens with zero attached hydrogens (tertiary/aromatic N) is 3. The lowest BCUT2D eigenvalue weighted by Crippen LogP contribution is -2.56. The standard InChI is InChI=1S/C29H39N3O2S/c1-21-7-3-6-10-24(21)28-25-14-20-35-26(25)13-15-32(28)22(2)29(34)31-18-16-30(17-19-31)27(33)12-11-23-8-4-5-9-23/h3,6-7,10,14,20,22-23,28H,4-5,8-9,11-13,15-19H2,1-2H3. The van der Waals surface area contributed by atoms with E-state index < -0.39 is 0 Å². The molecule has 1 aromatic heterocycles. The number of aryl methyl sites for hydroxylation is 1. The fourth-order valence-corrected chi connectivity index (χ4v) is 7.26. The molecule has 2 aromatic rings. The zero-order valence-corrected chi connectivity index (χ0v) is 22.1. The van der Waals surface area contributed by atoms with Crippen LogP contribution in [0, 0.1) is 12.8 Å². The summed E-state index contributed by atoms with van der Waals surface area (Å²) in [5, 5.41) is 2.19. The molecular weight excluding hydrogens is 454 g/mol. The number of hydrogen-bond acceptors (Lipinski definition) is 4. The number of piperazine rings is 1. The number of carbonyl (C=O) groups is 2. The van der Waals surface area contributed by atoms with E-state index in [9.17, 15) is 9.59 Å². The van der Waals surface area contributed by atoms with Crippen LogP contribution in [-0.2, 0) is 16.0 Å². The van der Waals surface area contributed by atoms with E-state index in [-0.39, 0.29) is 23.9 Å². The molecule has 0 bridgehead atoms. The molecule has 1 saturated carbocycles. The van der Waals surface area contributed by atoms with Crippen LogP contribution in [0.25, 0.3) is 0 Å². The second kappa shape index (κ2) is 10.8. The van der Waals surface area contributed by atoms with Crippen molar-refractivity contribution < 1.29 is 9.59 Å². The molecule has 2 unspecified atom stereocenters. The molecule has 1 aromatic carbocycles. The Hall–Kier alpha value is -2.18. The average molecular weight is 494 g/mol. The van der Waals surface area contributed by atoms with Crippen molar-refractivity contribution in [3.05, 3.63) is 57.3 Å². The van der Waals surface area contributed by atoms with E-state index in [1.54, 1.807) is 0 Å². The summed E-state index contributed by atoms with van der Waals surface area (Å²) in [6.07, 6.45) is 7.94. The van der Waals surface area contributed by atoms with Crippen LogP contribution in [-0.4, -0.2) is 65.3 Å². The van der Waals surface area contributed by atoms with Gasteiger partial charge in [-0.2, -0.15) is 0 Å². The Labute approximate surface area is 214 Å². The van der Waals surface area contributed by atoms with Crippen LogP contribution in [0.3, 0.4) is 0 Å². The van der Waals surface area contributed by atoms with Crippen LogP contribution >= 0.6 is 11.3 Å². The zero-order valence-electron chi connectivity index (χ0n) is 21.2. The molecule has 2 atom stereocenters. The molecule has 0 spiro atoms. The first-order valence-corrected chi connectivity index (χ1v) is 14.3. The van der Waals surface area contributed by atoms with Crippen LogP contribution in [0.4, 0.5) is 0 Å². The van der Waals surface area contributed by atoms with Crippen molar-refractivity contribution in [2.24, 2.45) is 5.92 Å². The Bertz CT molecular complexity index is 1040. The van der Waals surface area contributed by atoms with Crippen molar-refractivity contribution in [1.29, 1.82) is 0 Å². The van der Waals surface area contributed by atoms with E-state index in [2.05, 4.69) is 54.5 Å². The summed E-state index contributed by atoms with van der Waals surface area (Å²) in [4.78, 5) is 34.2. The molecule has 2 amide bonds. The Kier molecular flexibility index (Phi) is 7.59. The topological polar surface area (TPSA) is 43.9 Å². The van der Waals surface area contributed by atoms with Gasteiger partial charge in [0, 0.05) is 44.0 Å². The van der Waals surface area contributed by atoms with Crippen molar-refractivity contribution in [3.8, 4) is 0 Å². The molecule has 2 aliphatic heterocycles. The van der Waals surface area contributed by atoms with Gasteiger partial charge in [-0.1, -0.05) is 49.9 Å². The largest absolute Gasteiger partial charge is 0.339 e. The van der Waals surface area contributed by atoms with Gasteiger partial charge in [-0.05, 0) is 60.7 Å². The van der Waals surface area contributed by atoms with Crippen molar-refractivity contribution >= 4 is 23.2 Å². The number of benzene rings is 1. The number of thiophene rings is 1. The van der Waals surface area contributed by atoms with Crippen molar-refractivity contribution in [2.75, 3.05) is 32.7 Å². The minimum Gasteiger partial charge on any atom is -0.339 e. The molecule has 0 radical (unpaired) electrons. The third kappa shape index (κ3) is 5.19. The summed E-state index contributed by atoms with van der Waals surface area (Å²) < 4.78 is 0. The quantitative estimate of drug-likeness (QED) is 0.567. The fourth-order valence-electron chi connectivity index (χ4n) is 6.36. The summed E-state index contributed by atoms with van der Waals surface area (Å²) in [5.41, 5.74) is 3.92. The highest BCUT2D eigenvalue weighted by atomic mass is 32.1. The summed E-state index contributed by atoms with van der Waals surface area (Å²) in [7, 11) is 0. The van der Waals surface area contributed by atoms with E-state index >= 15 is 0 Å². The summed E-state index contributed by atoms with van der Waals surface area (Å²) in [6.45, 7) is 7.75. The van der Waals surface area contributed by atoms with Crippen molar-refractivity contribution in [1.82, 2.24) is 14.7 Å². The third-order valence-corrected chi connectivity index (χ3v) is 9.52. The summed E-state index contributed by atoms with van der Waals surface area (Å²) >= 11 is 1.84. The predicted molar refractivity (Wildman–Crippen MR) is 142 cm³/mol. The maximum absolute atomic E-state index is 13.7. The van der Waals surface area contributed by atoms with Crippen LogP contribution in [0.1, 0.15) is 73.1 Å². The molecule has 6 heteroatoms. The van der Waals surface area contributed by atoms with Gasteiger partial charge in [0.15, 0.2) is 0 Å². The second-order valence-electron chi connectivity index (χ2n) is 10.6. The SMILES string of the molecule is Cc1ccccc1C1c2ccsc2CCN1C(C)C(=O)N1CCN(C(=O)CCC2CCCC2)CC1. The highest BCUT2D eigenvalue weighted by molar-refractivity contribution is 7.10. The van der Waals surface area contributed by atoms with Crippen LogP contribution in [0.2, 0.25) is 0 Å². The van der Waals surface area contributed by atoms with Crippen molar-refractivity contribution in [2.45, 2.75) is 70.9 Å². The lowest BCUT2D eigenvalue weighted by molar-refractivity contribution is -0.143. The molecule has 188 valence electrons. The Balaban J connectivity index is 1.23. The first kappa shape index (κ1) is 24.5. The highest BCUT2D eigenvalue weighted by Gasteiger charge is 2.38. The highest BCUT2D eigenvalue weighted by Crippen LogP contribution is 2.40. The molecule has 2 fully saturated rings. The number of amides is 2. The predicted octanol–water partition coefficient (Wildman–Crippen LogP) is 5.03. The lowest BCUT2D eigenvalue weighted by Gasteiger charge is -2.43. The normalized spacial score (nSPS) is 22.3. The van der Waals surface area contributed by atoms with Gasteiger partial charge in [-0.3, -0.25) is 14.5 Å². The van der Waals surface area contributed by atoms with Crippen LogP contribution in [0.5, 0.6) is 0 Å². The molecular formula is C29H39N3O2S. The summed E-state index contributed by atoms with van der Waals surface area (Å²) in [5.74, 6) is 1.22. The van der Waals surface area contributed by atoms with Gasteiger partial charge in [0.1, 0.15) is 0 Å². The maximum atomic E-state index is 13.7. The van der Waals surface area contributed by atoms with Gasteiger partial charge < -0.3 is 9.80 Å². The monoisotopic (exact) mass is 493 g/mol. The lowest BCUT2D eigenvalue weighted by atomic mass is 9.89. The Morgan fingerprint density at radius 3 is 2.43 bits per heavy atom. The van der Waals surface area contributed by atoms with Gasteiger partial charge in [0.25, 0.3) is 0 Å². The fraction of sp³-hybridized carbons (Fsp3) is 0.586. The molecule has 3 heterocycles. The maximum Gasteiger partial charge on any atom is 0.239 e. The van der Waals surface area contributed by atoms with E-state index in [1.807, 2.05) is 21.1 Å². The molecule has 5 nitrogen and oxygen atoms in total. The third-order valence-electron chi connectivity index (χ3n) is 8.53. The Morgan fingerprint density at radius 1 is 0.971 bits per heavy atom. The smallest absolute Gasteiger partial charge is 0.239 e. The summed E-state index contributed by atoms with van der Waals surface area (Å²) in [6, 6.07) is 10.7. The van der Waals surface area contributed by atoms with Gasteiger partial charge in [-0.25, -0.2) is 0 Å². The van der Waals surface area contributed by atoms with E-state index in [4.69, 9.17) is 0 Å². The zero-order chi connectivity index (χ0) is 24.4. The van der Waals surface area contributed by atoms with Gasteiger partial charge in [-0.15, -0.1) is 11.3 Å². The molecule has 5 rings (SSSR count). The first-order chi connectivity index (χ1) is 17.0. The number of fused-ring (bicyclic) bond motifs is 1. The molecule has 1 saturated heterocycles. The number of hydrogen-bond donors (Lipinski definition) is 0. The molecule has 35 heavy (non-hydrogen) atoms.